The van der Waals surface area contributed by atoms with Gasteiger partial charge in [-0.1, -0.05) is 6.07 Å². The van der Waals surface area contributed by atoms with Crippen LogP contribution in [0.4, 0.5) is 0 Å². The second-order valence-corrected chi connectivity index (χ2v) is 5.13. The van der Waals surface area contributed by atoms with Crippen LogP contribution in [0.3, 0.4) is 0 Å². The Balaban J connectivity index is 2.03. The summed E-state index contributed by atoms with van der Waals surface area (Å²) in [6.45, 7) is 0. The summed E-state index contributed by atoms with van der Waals surface area (Å²) in [5.74, 6) is -0.701. The minimum atomic E-state index is -0.836. The van der Waals surface area contributed by atoms with Crippen molar-refractivity contribution in [3.8, 4) is 11.5 Å². The smallest absolute Gasteiger partial charge is 0.328 e. The van der Waals surface area contributed by atoms with Gasteiger partial charge in [-0.2, -0.15) is 0 Å². The Hall–Kier alpha value is -3.29. The average molecular weight is 345 g/mol. The van der Waals surface area contributed by atoms with E-state index in [-0.39, 0.29) is 12.2 Å². The number of amides is 1. The van der Waals surface area contributed by atoms with Gasteiger partial charge in [0.05, 0.1) is 20.5 Å². The fraction of sp³-hybridized carbons (Fsp3) is 0.235. The van der Waals surface area contributed by atoms with Crippen molar-refractivity contribution in [1.29, 1.82) is 0 Å². The Kier molecular flexibility index (Phi) is 6.16. The number of imidazole rings is 1. The number of esters is 1. The number of nitrogens with zero attached hydrogens (tertiary/aromatic N) is 1. The fourth-order valence-corrected chi connectivity index (χ4v) is 2.14. The Bertz CT molecular complexity index is 756. The Morgan fingerprint density at radius 1 is 1.40 bits per heavy atom. The lowest BCUT2D eigenvalue weighted by molar-refractivity contribution is -0.144. The minimum Gasteiger partial charge on any atom is -0.504 e. The summed E-state index contributed by atoms with van der Waals surface area (Å²) in [5, 5.41) is 12.1. The maximum atomic E-state index is 12.1. The molecule has 1 aromatic heterocycles. The minimum absolute atomic E-state index is 0.00872. The first-order valence-electron chi connectivity index (χ1n) is 7.44. The summed E-state index contributed by atoms with van der Waals surface area (Å²) < 4.78 is 9.72. The van der Waals surface area contributed by atoms with E-state index in [4.69, 9.17) is 9.47 Å². The molecular formula is C17H19N3O5. The lowest BCUT2D eigenvalue weighted by atomic mass is 10.1. The molecule has 0 saturated heterocycles. The maximum Gasteiger partial charge on any atom is 0.328 e. The van der Waals surface area contributed by atoms with E-state index in [0.717, 1.165) is 0 Å². The maximum absolute atomic E-state index is 12.1. The number of carbonyl (C=O) groups is 2. The normalized spacial score (nSPS) is 11.9. The van der Waals surface area contributed by atoms with E-state index in [0.29, 0.717) is 17.0 Å². The highest BCUT2D eigenvalue weighted by molar-refractivity contribution is 5.94. The number of hydrogen-bond donors (Lipinski definition) is 3. The zero-order valence-electron chi connectivity index (χ0n) is 13.9. The predicted molar refractivity (Wildman–Crippen MR) is 89.9 cm³/mol. The zero-order valence-corrected chi connectivity index (χ0v) is 13.9. The molecule has 0 aliphatic rings. The van der Waals surface area contributed by atoms with Crippen molar-refractivity contribution in [1.82, 2.24) is 15.3 Å². The van der Waals surface area contributed by atoms with Gasteiger partial charge in [0.2, 0.25) is 5.91 Å². The van der Waals surface area contributed by atoms with Gasteiger partial charge in [0, 0.05) is 24.4 Å². The predicted octanol–water partition coefficient (Wildman–Crippen LogP) is 1.04. The number of aromatic nitrogens is 2. The topological polar surface area (TPSA) is 114 Å². The molecule has 0 aliphatic heterocycles. The average Bonchev–Trinajstić information content (AvgIpc) is 3.12. The lowest BCUT2D eigenvalue weighted by Crippen LogP contribution is -2.42. The molecule has 2 rings (SSSR count). The number of carbonyl (C=O) groups excluding carboxylic acids is 2. The number of rotatable bonds is 7. The highest BCUT2D eigenvalue weighted by Gasteiger charge is 2.21. The molecule has 1 amide bonds. The third kappa shape index (κ3) is 5.10. The third-order valence-corrected chi connectivity index (χ3v) is 3.41. The molecule has 25 heavy (non-hydrogen) atoms. The van der Waals surface area contributed by atoms with Crippen molar-refractivity contribution in [3.05, 3.63) is 48.1 Å². The molecular weight excluding hydrogens is 326 g/mol. The second-order valence-electron chi connectivity index (χ2n) is 5.13. The van der Waals surface area contributed by atoms with Crippen LogP contribution < -0.4 is 10.1 Å². The van der Waals surface area contributed by atoms with Crippen LogP contribution >= 0.6 is 0 Å². The van der Waals surface area contributed by atoms with E-state index in [1.807, 2.05) is 0 Å². The number of aromatic hydroxyl groups is 1. The highest BCUT2D eigenvalue weighted by atomic mass is 16.5. The number of nitrogens with one attached hydrogen (secondary N) is 2. The summed E-state index contributed by atoms with van der Waals surface area (Å²) in [6, 6.07) is 3.84. The summed E-state index contributed by atoms with van der Waals surface area (Å²) in [5.41, 5.74) is 1.36. The molecule has 0 saturated carbocycles. The SMILES string of the molecule is COC(=O)[C@H](Cc1cnc[nH]1)NC(=O)/C=C/c1ccc(O)c(OC)c1. The van der Waals surface area contributed by atoms with Crippen LogP contribution in [-0.2, 0) is 20.7 Å². The van der Waals surface area contributed by atoms with Crippen LogP contribution in [0.15, 0.2) is 36.8 Å². The zero-order chi connectivity index (χ0) is 18.2. The van der Waals surface area contributed by atoms with E-state index in [2.05, 4.69) is 15.3 Å². The van der Waals surface area contributed by atoms with E-state index in [9.17, 15) is 14.7 Å². The van der Waals surface area contributed by atoms with Gasteiger partial charge in [-0.3, -0.25) is 4.79 Å². The first-order chi connectivity index (χ1) is 12.0. The van der Waals surface area contributed by atoms with Gasteiger partial charge in [-0.15, -0.1) is 0 Å². The largest absolute Gasteiger partial charge is 0.504 e. The molecule has 1 aromatic carbocycles. The number of hydrogen-bond acceptors (Lipinski definition) is 6. The van der Waals surface area contributed by atoms with Gasteiger partial charge in [0.1, 0.15) is 6.04 Å². The van der Waals surface area contributed by atoms with Gasteiger partial charge in [-0.25, -0.2) is 9.78 Å². The van der Waals surface area contributed by atoms with E-state index in [1.165, 1.54) is 32.7 Å². The third-order valence-electron chi connectivity index (χ3n) is 3.41. The lowest BCUT2D eigenvalue weighted by Gasteiger charge is -2.14. The van der Waals surface area contributed by atoms with Crippen molar-refractivity contribution in [2.45, 2.75) is 12.5 Å². The van der Waals surface area contributed by atoms with Crippen LogP contribution in [0.2, 0.25) is 0 Å². The number of phenols is 1. The number of H-pyrrole nitrogens is 1. The van der Waals surface area contributed by atoms with E-state index < -0.39 is 17.9 Å². The van der Waals surface area contributed by atoms with Gasteiger partial charge < -0.3 is 24.9 Å². The van der Waals surface area contributed by atoms with Gasteiger partial charge >= 0.3 is 5.97 Å². The molecule has 0 aliphatic carbocycles. The van der Waals surface area contributed by atoms with Gasteiger partial charge in [0.15, 0.2) is 11.5 Å². The molecule has 8 heteroatoms. The quantitative estimate of drug-likeness (QED) is 0.510. The summed E-state index contributed by atoms with van der Waals surface area (Å²) in [4.78, 5) is 30.7. The van der Waals surface area contributed by atoms with E-state index >= 15 is 0 Å². The van der Waals surface area contributed by atoms with Crippen LogP contribution in [0, 0.1) is 0 Å². The number of phenolic OH excluding ortho intramolecular Hbond substituents is 1. The molecule has 0 radical (unpaired) electrons. The molecule has 1 heterocycles. The van der Waals surface area contributed by atoms with Crippen molar-refractivity contribution in [2.75, 3.05) is 14.2 Å². The summed E-state index contributed by atoms with van der Waals surface area (Å²) >= 11 is 0. The van der Waals surface area contributed by atoms with Crippen LogP contribution in [0.1, 0.15) is 11.3 Å². The summed E-state index contributed by atoms with van der Waals surface area (Å²) in [7, 11) is 2.69. The molecule has 132 valence electrons. The fourth-order valence-electron chi connectivity index (χ4n) is 2.14. The van der Waals surface area contributed by atoms with E-state index in [1.54, 1.807) is 24.4 Å². The second kappa shape index (κ2) is 8.53. The van der Waals surface area contributed by atoms with Crippen molar-refractivity contribution in [3.63, 3.8) is 0 Å². The van der Waals surface area contributed by atoms with Crippen molar-refractivity contribution in [2.24, 2.45) is 0 Å². The molecule has 3 N–H and O–H groups in total. The first kappa shape index (κ1) is 18.1. The van der Waals surface area contributed by atoms with Crippen LogP contribution in [0.5, 0.6) is 11.5 Å². The van der Waals surface area contributed by atoms with Crippen LogP contribution in [0.25, 0.3) is 6.08 Å². The first-order valence-corrected chi connectivity index (χ1v) is 7.44. The highest BCUT2D eigenvalue weighted by Crippen LogP contribution is 2.26. The van der Waals surface area contributed by atoms with Crippen LogP contribution in [-0.4, -0.2) is 47.2 Å². The molecule has 8 nitrogen and oxygen atoms in total. The monoisotopic (exact) mass is 345 g/mol. The Morgan fingerprint density at radius 3 is 2.84 bits per heavy atom. The molecule has 2 aromatic rings. The standard InChI is InChI=1S/C17H19N3O5/c1-24-15-7-11(3-5-14(15)21)4-6-16(22)20-13(17(23)25-2)8-12-9-18-10-19-12/h3-7,9-10,13,21H,8H2,1-2H3,(H,18,19)(H,20,22)/b6-4+/t13-/m0/s1. The molecule has 1 atom stereocenters. The molecule has 0 unspecified atom stereocenters. The summed E-state index contributed by atoms with van der Waals surface area (Å²) in [6.07, 6.45) is 6.13. The molecule has 0 bridgehead atoms. The number of aromatic amines is 1. The Labute approximate surface area is 144 Å². The Morgan fingerprint density at radius 2 is 2.20 bits per heavy atom. The number of methoxy groups -OCH3 is 2. The van der Waals surface area contributed by atoms with Gasteiger partial charge in [-0.05, 0) is 23.8 Å². The van der Waals surface area contributed by atoms with Gasteiger partial charge in [0.25, 0.3) is 0 Å². The molecule has 0 spiro atoms. The number of ether oxygens (including phenoxy) is 2. The number of benzene rings is 1. The van der Waals surface area contributed by atoms with Crippen molar-refractivity contribution < 1.29 is 24.2 Å². The molecule has 0 fully saturated rings. The van der Waals surface area contributed by atoms with Crippen molar-refractivity contribution >= 4 is 18.0 Å².